The highest BCUT2D eigenvalue weighted by Crippen LogP contribution is 2.53. The van der Waals surface area contributed by atoms with Crippen LogP contribution in [0.25, 0.3) is 0 Å². The van der Waals surface area contributed by atoms with Crippen molar-refractivity contribution in [3.05, 3.63) is 0 Å². The minimum absolute atomic E-state index is 0.0889. The van der Waals surface area contributed by atoms with E-state index in [-0.39, 0.29) is 18.0 Å². The van der Waals surface area contributed by atoms with E-state index in [1.54, 1.807) is 0 Å². The van der Waals surface area contributed by atoms with Gasteiger partial charge in [-0.2, -0.15) is 0 Å². The molecule has 2 aliphatic carbocycles. The van der Waals surface area contributed by atoms with E-state index >= 15 is 0 Å². The number of esters is 1. The fraction of sp³-hybridized carbons (Fsp3) is 0.909. The van der Waals surface area contributed by atoms with Gasteiger partial charge in [0.1, 0.15) is 10.4 Å². The van der Waals surface area contributed by atoms with Gasteiger partial charge in [0, 0.05) is 0 Å². The SMILES string of the molecule is CC1CCCC(OC(=O)C2CC2(Cl)Cl)C1. The number of halogens is 2. The molecule has 15 heavy (non-hydrogen) atoms. The van der Waals surface area contributed by atoms with Gasteiger partial charge in [-0.15, -0.1) is 23.2 Å². The average molecular weight is 251 g/mol. The standard InChI is InChI=1S/C11H16Cl2O2/c1-7-3-2-4-8(5-7)15-10(14)9-6-11(9,12)13/h7-9H,2-6H2,1H3. The Morgan fingerprint density at radius 3 is 2.60 bits per heavy atom. The molecule has 2 aliphatic rings. The average Bonchev–Trinajstić information content (AvgIpc) is 2.75. The van der Waals surface area contributed by atoms with E-state index in [4.69, 9.17) is 27.9 Å². The van der Waals surface area contributed by atoms with Crippen LogP contribution in [0.15, 0.2) is 0 Å². The van der Waals surface area contributed by atoms with Gasteiger partial charge in [-0.1, -0.05) is 13.3 Å². The van der Waals surface area contributed by atoms with Crippen molar-refractivity contribution in [1.82, 2.24) is 0 Å². The van der Waals surface area contributed by atoms with Gasteiger partial charge in [0.05, 0.1) is 5.92 Å². The Kier molecular flexibility index (Phi) is 3.18. The third kappa shape index (κ3) is 2.79. The molecule has 0 radical (unpaired) electrons. The summed E-state index contributed by atoms with van der Waals surface area (Å²) in [6, 6.07) is 0. The summed E-state index contributed by atoms with van der Waals surface area (Å²) in [5.74, 6) is 0.157. The van der Waals surface area contributed by atoms with Crippen molar-refractivity contribution in [2.45, 2.75) is 49.5 Å². The Hall–Kier alpha value is 0.0500. The van der Waals surface area contributed by atoms with Crippen LogP contribution >= 0.6 is 23.2 Å². The summed E-state index contributed by atoms with van der Waals surface area (Å²) in [5, 5.41) is 0. The van der Waals surface area contributed by atoms with E-state index in [1.807, 2.05) is 0 Å². The molecule has 86 valence electrons. The molecule has 3 atom stereocenters. The third-order valence-electron chi connectivity index (χ3n) is 3.28. The maximum atomic E-state index is 11.6. The molecule has 3 unspecified atom stereocenters. The lowest BCUT2D eigenvalue weighted by molar-refractivity contribution is -0.152. The molecule has 4 heteroatoms. The molecule has 0 amide bonds. The number of rotatable bonds is 2. The first kappa shape index (κ1) is 11.5. The van der Waals surface area contributed by atoms with E-state index < -0.39 is 4.33 Å². The topological polar surface area (TPSA) is 26.3 Å². The molecule has 0 saturated heterocycles. The Morgan fingerprint density at radius 2 is 2.07 bits per heavy atom. The highest BCUT2D eigenvalue weighted by molar-refractivity contribution is 6.52. The zero-order valence-corrected chi connectivity index (χ0v) is 10.4. The maximum absolute atomic E-state index is 11.6. The summed E-state index contributed by atoms with van der Waals surface area (Å²) in [6.07, 6.45) is 4.99. The van der Waals surface area contributed by atoms with Gasteiger partial charge in [0.25, 0.3) is 0 Å². The second kappa shape index (κ2) is 4.14. The van der Waals surface area contributed by atoms with Crippen molar-refractivity contribution in [1.29, 1.82) is 0 Å². The molecule has 0 heterocycles. The zero-order chi connectivity index (χ0) is 11.1. The van der Waals surface area contributed by atoms with Crippen molar-refractivity contribution in [2.75, 3.05) is 0 Å². The number of hydrogen-bond acceptors (Lipinski definition) is 2. The first-order chi connectivity index (χ1) is 6.99. The molecule has 2 nitrogen and oxygen atoms in total. The van der Waals surface area contributed by atoms with Crippen molar-refractivity contribution in [2.24, 2.45) is 11.8 Å². The van der Waals surface area contributed by atoms with Crippen LogP contribution in [0.5, 0.6) is 0 Å². The lowest BCUT2D eigenvalue weighted by Gasteiger charge is -2.26. The largest absolute Gasteiger partial charge is 0.462 e. The highest BCUT2D eigenvalue weighted by atomic mass is 35.5. The second-order valence-electron chi connectivity index (χ2n) is 4.85. The number of ether oxygens (including phenoxy) is 1. The van der Waals surface area contributed by atoms with Gasteiger partial charge in [-0.3, -0.25) is 4.79 Å². The van der Waals surface area contributed by atoms with Gasteiger partial charge in [-0.25, -0.2) is 0 Å². The van der Waals surface area contributed by atoms with E-state index in [2.05, 4.69) is 6.92 Å². The van der Waals surface area contributed by atoms with E-state index in [0.717, 1.165) is 19.3 Å². The lowest BCUT2D eigenvalue weighted by atomic mass is 9.89. The molecular formula is C11H16Cl2O2. The molecule has 2 rings (SSSR count). The minimum Gasteiger partial charge on any atom is -0.462 e. The molecule has 0 spiro atoms. The van der Waals surface area contributed by atoms with Gasteiger partial charge in [0.2, 0.25) is 0 Å². The zero-order valence-electron chi connectivity index (χ0n) is 8.84. The van der Waals surface area contributed by atoms with Gasteiger partial charge >= 0.3 is 5.97 Å². The molecular weight excluding hydrogens is 235 g/mol. The maximum Gasteiger partial charge on any atom is 0.312 e. The Balaban J connectivity index is 1.79. The Morgan fingerprint density at radius 1 is 1.40 bits per heavy atom. The predicted molar refractivity (Wildman–Crippen MR) is 60.1 cm³/mol. The first-order valence-electron chi connectivity index (χ1n) is 5.57. The quantitative estimate of drug-likeness (QED) is 0.556. The van der Waals surface area contributed by atoms with E-state index in [1.165, 1.54) is 6.42 Å². The Labute approximate surface area is 100 Å². The van der Waals surface area contributed by atoms with Crippen LogP contribution in [0.2, 0.25) is 0 Å². The highest BCUT2D eigenvalue weighted by Gasteiger charge is 2.57. The molecule has 0 aliphatic heterocycles. The molecule has 0 aromatic carbocycles. The first-order valence-corrected chi connectivity index (χ1v) is 6.33. The van der Waals surface area contributed by atoms with Crippen LogP contribution in [-0.4, -0.2) is 16.4 Å². The Bertz CT molecular complexity index is 265. The summed E-state index contributed by atoms with van der Waals surface area (Å²) in [7, 11) is 0. The van der Waals surface area contributed by atoms with Crippen molar-refractivity contribution in [3.63, 3.8) is 0 Å². The van der Waals surface area contributed by atoms with Crippen molar-refractivity contribution in [3.8, 4) is 0 Å². The van der Waals surface area contributed by atoms with Gasteiger partial charge in [-0.05, 0) is 31.6 Å². The fourth-order valence-electron chi connectivity index (χ4n) is 2.20. The molecule has 2 saturated carbocycles. The normalized spacial score (nSPS) is 38.5. The van der Waals surface area contributed by atoms with E-state index in [9.17, 15) is 4.79 Å². The monoisotopic (exact) mass is 250 g/mol. The molecule has 0 bridgehead atoms. The summed E-state index contributed by atoms with van der Waals surface area (Å²) in [4.78, 5) is 11.6. The van der Waals surface area contributed by atoms with Crippen molar-refractivity contribution >= 4 is 29.2 Å². The van der Waals surface area contributed by atoms with Crippen LogP contribution in [0, 0.1) is 11.8 Å². The molecule has 0 aromatic rings. The minimum atomic E-state index is -0.850. The van der Waals surface area contributed by atoms with E-state index in [0.29, 0.717) is 12.3 Å². The van der Waals surface area contributed by atoms with Crippen LogP contribution in [0.4, 0.5) is 0 Å². The summed E-state index contributed by atoms with van der Waals surface area (Å²) >= 11 is 11.6. The molecule has 0 N–H and O–H groups in total. The van der Waals surface area contributed by atoms with Crippen LogP contribution in [-0.2, 0) is 9.53 Å². The molecule has 0 aromatic heterocycles. The van der Waals surface area contributed by atoms with Crippen molar-refractivity contribution < 1.29 is 9.53 Å². The smallest absolute Gasteiger partial charge is 0.312 e. The fourth-order valence-corrected chi connectivity index (χ4v) is 2.69. The number of hydrogen-bond donors (Lipinski definition) is 0. The summed E-state index contributed by atoms with van der Waals surface area (Å²) < 4.78 is 4.56. The number of carbonyl (C=O) groups is 1. The number of alkyl halides is 2. The van der Waals surface area contributed by atoms with Crippen LogP contribution in [0.3, 0.4) is 0 Å². The summed E-state index contributed by atoms with van der Waals surface area (Å²) in [6.45, 7) is 2.20. The predicted octanol–water partition coefficient (Wildman–Crippen LogP) is 3.30. The van der Waals surface area contributed by atoms with Crippen LogP contribution < -0.4 is 0 Å². The van der Waals surface area contributed by atoms with Gasteiger partial charge in [0.15, 0.2) is 0 Å². The van der Waals surface area contributed by atoms with Crippen LogP contribution in [0.1, 0.15) is 39.0 Å². The molecule has 2 fully saturated rings. The van der Waals surface area contributed by atoms with Gasteiger partial charge < -0.3 is 4.74 Å². The third-order valence-corrected chi connectivity index (χ3v) is 4.12. The second-order valence-corrected chi connectivity index (χ2v) is 6.39. The lowest BCUT2D eigenvalue weighted by Crippen LogP contribution is -2.26. The number of carbonyl (C=O) groups excluding carboxylic acids is 1. The summed E-state index contributed by atoms with van der Waals surface area (Å²) in [5.41, 5.74) is 0.